The molecule has 10 rings (SSSR count). The van der Waals surface area contributed by atoms with Crippen LogP contribution in [-0.4, -0.2) is 4.57 Å². The quantitative estimate of drug-likeness (QED) is 0.158. The standard InChI is InChI=1S/C68H73N3S/c1-42-37-59(70(53-30-23-49(24-31-53)66(8,9)10)57-35-27-51(39-43(57)2)68(14,15)16)44(3)60(38-42)71(54-32-25-50(26-33-54)67(11,12)13)63-45(4)69(52-28-21-48(22-29-52)65(5,6)7)58-36-34-55-56-40-46-19-17-18-20-47(46)41-61(56)72-64(55)62(58)63/h17-41H,1-16H3. The zero-order valence-corrected chi connectivity index (χ0v) is 46.5. The second-order valence-electron chi connectivity index (χ2n) is 24.6. The fourth-order valence-electron chi connectivity index (χ4n) is 10.8. The molecule has 3 nitrogen and oxygen atoms in total. The van der Waals surface area contributed by atoms with Gasteiger partial charge < -0.3 is 14.4 Å². The van der Waals surface area contributed by atoms with Crippen molar-refractivity contribution in [1.29, 1.82) is 0 Å². The predicted octanol–water partition coefficient (Wildman–Crippen LogP) is 20.5. The van der Waals surface area contributed by atoms with Crippen LogP contribution in [0.25, 0.3) is 47.5 Å². The van der Waals surface area contributed by atoms with Gasteiger partial charge in [0, 0.05) is 54.0 Å². The Hall–Kier alpha value is -6.62. The third-order valence-electron chi connectivity index (χ3n) is 15.1. The topological polar surface area (TPSA) is 11.4 Å². The van der Waals surface area contributed by atoms with Crippen molar-refractivity contribution in [1.82, 2.24) is 4.57 Å². The molecule has 10 aromatic rings. The molecule has 0 saturated carbocycles. The average molecular weight is 964 g/mol. The summed E-state index contributed by atoms with van der Waals surface area (Å²) in [4.78, 5) is 5.12. The summed E-state index contributed by atoms with van der Waals surface area (Å²) in [5.74, 6) is 0. The van der Waals surface area contributed by atoms with Crippen molar-refractivity contribution >= 4 is 87.3 Å². The Balaban J connectivity index is 1.31. The van der Waals surface area contributed by atoms with E-state index in [4.69, 9.17) is 0 Å². The molecule has 2 aromatic heterocycles. The Morgan fingerprint density at radius 3 is 1.44 bits per heavy atom. The molecule has 0 spiro atoms. The summed E-state index contributed by atoms with van der Waals surface area (Å²) in [6, 6.07) is 58.3. The molecular formula is C68H73N3S. The van der Waals surface area contributed by atoms with Crippen molar-refractivity contribution in [3.8, 4) is 5.69 Å². The van der Waals surface area contributed by atoms with Crippen molar-refractivity contribution < 1.29 is 0 Å². The molecule has 0 radical (unpaired) electrons. The molecule has 0 fully saturated rings. The normalized spacial score (nSPS) is 12.7. The Labute approximate surface area is 433 Å². The Morgan fingerprint density at radius 2 is 0.917 bits per heavy atom. The lowest BCUT2D eigenvalue weighted by atomic mass is 9.85. The Morgan fingerprint density at radius 1 is 0.431 bits per heavy atom. The number of rotatable bonds is 7. The lowest BCUT2D eigenvalue weighted by molar-refractivity contribution is 0.589. The van der Waals surface area contributed by atoms with Crippen LogP contribution in [0.5, 0.6) is 0 Å². The highest BCUT2D eigenvalue weighted by Gasteiger charge is 2.30. The summed E-state index contributed by atoms with van der Waals surface area (Å²) in [6.45, 7) is 36.8. The third kappa shape index (κ3) is 8.70. The SMILES string of the molecule is Cc1cc(N(c2ccc(C(C)(C)C)cc2)c2ccc(C(C)(C)C)cc2C)c(C)c(N(c2ccc(C(C)(C)C)cc2)c2c(C)n(-c3ccc(C(C)(C)C)cc3)c3ccc4c5cc6ccccc6cc5sc4c23)c1. The van der Waals surface area contributed by atoms with Gasteiger partial charge in [0.25, 0.3) is 0 Å². The zero-order chi connectivity index (χ0) is 51.4. The van der Waals surface area contributed by atoms with E-state index in [1.165, 1.54) is 97.9 Å². The number of anilines is 6. The maximum absolute atomic E-state index is 2.60. The average Bonchev–Trinajstić information content (AvgIpc) is 3.83. The van der Waals surface area contributed by atoms with E-state index in [-0.39, 0.29) is 21.7 Å². The van der Waals surface area contributed by atoms with Gasteiger partial charge in [-0.3, -0.25) is 0 Å². The molecule has 0 amide bonds. The van der Waals surface area contributed by atoms with Gasteiger partial charge in [0.1, 0.15) is 0 Å². The second-order valence-corrected chi connectivity index (χ2v) is 25.7. The summed E-state index contributed by atoms with van der Waals surface area (Å²) in [6.07, 6.45) is 0. The van der Waals surface area contributed by atoms with E-state index in [9.17, 15) is 0 Å². The number of aromatic nitrogens is 1. The highest BCUT2D eigenvalue weighted by molar-refractivity contribution is 7.26. The van der Waals surface area contributed by atoms with Gasteiger partial charge in [0.05, 0.1) is 22.6 Å². The van der Waals surface area contributed by atoms with Crippen LogP contribution < -0.4 is 9.80 Å². The largest absolute Gasteiger partial charge is 0.312 e. The fraction of sp³-hybridized carbons (Fsp3) is 0.294. The van der Waals surface area contributed by atoms with Crippen LogP contribution >= 0.6 is 11.3 Å². The molecule has 0 aliphatic rings. The van der Waals surface area contributed by atoms with Gasteiger partial charge in [-0.1, -0.05) is 162 Å². The van der Waals surface area contributed by atoms with E-state index >= 15 is 0 Å². The van der Waals surface area contributed by atoms with Gasteiger partial charge in [-0.25, -0.2) is 0 Å². The molecule has 0 aliphatic heterocycles. The van der Waals surface area contributed by atoms with Crippen LogP contribution in [0.1, 0.15) is 128 Å². The minimum atomic E-state index is -0.00282. The number of benzene rings is 8. The third-order valence-corrected chi connectivity index (χ3v) is 16.3. The van der Waals surface area contributed by atoms with Crippen molar-refractivity contribution in [2.24, 2.45) is 0 Å². The number of aryl methyl sites for hydroxylation is 2. The number of nitrogens with zero attached hydrogens (tertiary/aromatic N) is 3. The molecule has 366 valence electrons. The number of thiophene rings is 1. The van der Waals surface area contributed by atoms with E-state index in [0.29, 0.717) is 0 Å². The van der Waals surface area contributed by atoms with Crippen LogP contribution in [0.2, 0.25) is 0 Å². The molecule has 4 heteroatoms. The van der Waals surface area contributed by atoms with E-state index in [0.717, 1.165) is 28.4 Å². The van der Waals surface area contributed by atoms with E-state index < -0.39 is 0 Å². The number of hydrogen-bond donors (Lipinski definition) is 0. The number of fused-ring (bicyclic) bond motifs is 6. The fourth-order valence-corrected chi connectivity index (χ4v) is 12.1. The van der Waals surface area contributed by atoms with E-state index in [1.807, 2.05) is 11.3 Å². The van der Waals surface area contributed by atoms with Crippen LogP contribution in [0.3, 0.4) is 0 Å². The van der Waals surface area contributed by atoms with E-state index in [2.05, 4.69) is 277 Å². The van der Waals surface area contributed by atoms with Crippen molar-refractivity contribution in [3.05, 3.63) is 196 Å². The molecule has 8 aromatic carbocycles. The van der Waals surface area contributed by atoms with Crippen molar-refractivity contribution in [2.45, 2.75) is 132 Å². The lowest BCUT2D eigenvalue weighted by Gasteiger charge is -2.34. The van der Waals surface area contributed by atoms with Gasteiger partial charge in [0.15, 0.2) is 0 Å². The van der Waals surface area contributed by atoms with Gasteiger partial charge in [-0.05, 0) is 172 Å². The first-order valence-electron chi connectivity index (χ1n) is 25.9. The molecule has 0 N–H and O–H groups in total. The summed E-state index contributed by atoms with van der Waals surface area (Å²) < 4.78 is 5.12. The Kier molecular flexibility index (Phi) is 11.9. The summed E-state index contributed by atoms with van der Waals surface area (Å²) in [5, 5.41) is 6.39. The highest BCUT2D eigenvalue weighted by atomic mass is 32.1. The lowest BCUT2D eigenvalue weighted by Crippen LogP contribution is -2.19. The predicted molar refractivity (Wildman–Crippen MR) is 317 cm³/mol. The smallest absolute Gasteiger partial charge is 0.0765 e. The van der Waals surface area contributed by atoms with Crippen molar-refractivity contribution in [2.75, 3.05) is 9.80 Å². The first-order valence-corrected chi connectivity index (χ1v) is 26.7. The zero-order valence-electron chi connectivity index (χ0n) is 45.7. The van der Waals surface area contributed by atoms with Gasteiger partial charge in [-0.15, -0.1) is 11.3 Å². The van der Waals surface area contributed by atoms with Crippen LogP contribution in [0, 0.1) is 27.7 Å². The summed E-state index contributed by atoms with van der Waals surface area (Å²) in [7, 11) is 0. The minimum absolute atomic E-state index is 0.00282. The maximum Gasteiger partial charge on any atom is 0.0765 e. The maximum atomic E-state index is 2.60. The van der Waals surface area contributed by atoms with Crippen LogP contribution in [-0.2, 0) is 21.7 Å². The summed E-state index contributed by atoms with van der Waals surface area (Å²) >= 11 is 1.93. The van der Waals surface area contributed by atoms with Crippen molar-refractivity contribution in [3.63, 3.8) is 0 Å². The molecule has 0 aliphatic carbocycles. The van der Waals surface area contributed by atoms with Crippen LogP contribution in [0.4, 0.5) is 34.1 Å². The monoisotopic (exact) mass is 964 g/mol. The Bertz CT molecular complexity index is 3680. The van der Waals surface area contributed by atoms with Gasteiger partial charge in [-0.2, -0.15) is 0 Å². The molecule has 2 heterocycles. The number of hydrogen-bond acceptors (Lipinski definition) is 3. The molecule has 0 atom stereocenters. The second kappa shape index (κ2) is 17.6. The highest BCUT2D eigenvalue weighted by Crippen LogP contribution is 2.52. The minimum Gasteiger partial charge on any atom is -0.312 e. The van der Waals surface area contributed by atoms with Gasteiger partial charge in [0.2, 0.25) is 0 Å². The molecule has 0 saturated heterocycles. The molecule has 72 heavy (non-hydrogen) atoms. The molecule has 0 bridgehead atoms. The van der Waals surface area contributed by atoms with E-state index in [1.54, 1.807) is 0 Å². The summed E-state index contributed by atoms with van der Waals surface area (Å²) in [5.41, 5.74) is 19.5. The van der Waals surface area contributed by atoms with Crippen LogP contribution in [0.15, 0.2) is 152 Å². The molecular weight excluding hydrogens is 891 g/mol. The first kappa shape index (κ1) is 49.0. The van der Waals surface area contributed by atoms with Gasteiger partial charge >= 0.3 is 0 Å². The molecule has 0 unspecified atom stereocenters. The first-order chi connectivity index (χ1) is 33.9.